The van der Waals surface area contributed by atoms with Gasteiger partial charge in [0.1, 0.15) is 0 Å². The van der Waals surface area contributed by atoms with Crippen molar-refractivity contribution in [3.8, 4) is 0 Å². The number of benzene rings is 1. The predicted octanol–water partition coefficient (Wildman–Crippen LogP) is 4.35. The van der Waals surface area contributed by atoms with Crippen LogP contribution in [-0.2, 0) is 14.3 Å². The first-order valence-corrected chi connectivity index (χ1v) is 14.6. The molecule has 2 aliphatic heterocycles. The molecule has 0 unspecified atom stereocenters. The average Bonchev–Trinajstić information content (AvgIpc) is 3.67. The lowest BCUT2D eigenvalue weighted by Gasteiger charge is -2.42. The van der Waals surface area contributed by atoms with E-state index in [0.717, 1.165) is 16.3 Å². The molecule has 0 radical (unpaired) electrons. The number of carbonyl (C=O) groups is 3. The molecule has 7 nitrogen and oxygen atoms in total. The summed E-state index contributed by atoms with van der Waals surface area (Å²) < 4.78 is 5.05. The number of nitrogens with one attached hydrogen (secondary N) is 1. The van der Waals surface area contributed by atoms with Crippen molar-refractivity contribution in [1.29, 1.82) is 0 Å². The Morgan fingerprint density at radius 3 is 2.53 bits per heavy atom. The molecule has 1 saturated heterocycles. The van der Waals surface area contributed by atoms with Crippen LogP contribution in [0.25, 0.3) is 0 Å². The summed E-state index contributed by atoms with van der Waals surface area (Å²) in [5, 5.41) is 3.17. The Balaban J connectivity index is 1.24. The number of carbonyl (C=O) groups excluding carboxylic acids is 3. The largest absolute Gasteiger partial charge is 0.462 e. The molecule has 3 aromatic rings. The van der Waals surface area contributed by atoms with Crippen LogP contribution in [0, 0.1) is 29.6 Å². The van der Waals surface area contributed by atoms with Crippen LogP contribution in [0.4, 0.5) is 5.69 Å². The highest BCUT2D eigenvalue weighted by molar-refractivity contribution is 8.00. The fourth-order valence-corrected chi connectivity index (χ4v) is 10.9. The normalized spacial score (nSPS) is 31.9. The molecule has 2 saturated carbocycles. The molecule has 4 heterocycles. The number of imide groups is 1. The maximum Gasteiger partial charge on any atom is 0.338 e. The van der Waals surface area contributed by atoms with Gasteiger partial charge >= 0.3 is 10.8 Å². The number of thiazole rings is 1. The van der Waals surface area contributed by atoms with Gasteiger partial charge in [-0.15, -0.1) is 23.1 Å². The Morgan fingerprint density at radius 1 is 1.08 bits per heavy atom. The smallest absolute Gasteiger partial charge is 0.338 e. The van der Waals surface area contributed by atoms with Crippen molar-refractivity contribution in [3.63, 3.8) is 0 Å². The van der Waals surface area contributed by atoms with Crippen LogP contribution in [0.15, 0.2) is 51.6 Å². The van der Waals surface area contributed by atoms with Crippen molar-refractivity contribution >= 4 is 57.9 Å². The topological polar surface area (TPSA) is 96.5 Å². The Bertz CT molecular complexity index is 1440. The van der Waals surface area contributed by atoms with Gasteiger partial charge in [-0.3, -0.25) is 19.3 Å². The molecular weight excluding hydrogens is 516 g/mol. The van der Waals surface area contributed by atoms with Crippen molar-refractivity contribution in [2.45, 2.75) is 29.5 Å². The second kappa shape index (κ2) is 8.16. The van der Waals surface area contributed by atoms with E-state index in [0.29, 0.717) is 11.3 Å². The number of aromatic amines is 1. The van der Waals surface area contributed by atoms with E-state index in [1.165, 1.54) is 21.1 Å². The van der Waals surface area contributed by atoms with E-state index < -0.39 is 5.97 Å². The monoisotopic (exact) mass is 538 g/mol. The van der Waals surface area contributed by atoms with E-state index in [2.05, 4.69) is 16.4 Å². The second-order valence-corrected chi connectivity index (χ2v) is 12.9. The summed E-state index contributed by atoms with van der Waals surface area (Å²) in [5.41, 5.74) is 0.891. The van der Waals surface area contributed by atoms with Crippen LogP contribution < -0.4 is 9.77 Å². The number of ether oxygens (including phenoxy) is 1. The zero-order valence-electron chi connectivity index (χ0n) is 19.2. The summed E-state index contributed by atoms with van der Waals surface area (Å²) in [7, 11) is 0. The fourth-order valence-electron chi connectivity index (χ4n) is 7.02. The molecule has 2 amide bonds. The summed E-state index contributed by atoms with van der Waals surface area (Å²) >= 11 is 4.67. The van der Waals surface area contributed by atoms with Crippen molar-refractivity contribution < 1.29 is 19.1 Å². The standard InChI is InChI=1S/C26H22N2O5S3/c1-2-33-25(31)11-5-7-12(8-6-11)28-23(29)17-13-10-14(18(17)24(28)30)20-16(13)19(15-4-3-9-34-15)21-22(35-20)27-26(32)36-21/h3-9,13-14,16-20H,2,10H2,1H3,(H,27,32)/t13-,14-,16-,17+,18-,19+,20-/m1/s1. The number of hydrogen-bond acceptors (Lipinski definition) is 8. The van der Waals surface area contributed by atoms with Gasteiger partial charge in [-0.1, -0.05) is 17.4 Å². The molecule has 4 aliphatic rings. The van der Waals surface area contributed by atoms with Gasteiger partial charge in [-0.05, 0) is 66.8 Å². The molecule has 7 atom stereocenters. The number of rotatable bonds is 4. The number of thioether (sulfide) groups is 1. The fraction of sp³-hybridized carbons (Fsp3) is 0.385. The van der Waals surface area contributed by atoms with Crippen LogP contribution in [0.5, 0.6) is 0 Å². The first kappa shape index (κ1) is 22.5. The first-order valence-electron chi connectivity index (χ1n) is 12.1. The average molecular weight is 539 g/mol. The minimum absolute atomic E-state index is 0.0498. The van der Waals surface area contributed by atoms with Gasteiger partial charge in [0, 0.05) is 20.9 Å². The van der Waals surface area contributed by atoms with Crippen LogP contribution in [0.3, 0.4) is 0 Å². The highest BCUT2D eigenvalue weighted by Gasteiger charge is 2.69. The number of hydrogen-bond donors (Lipinski definition) is 1. The molecular formula is C26H22N2O5S3. The zero-order valence-corrected chi connectivity index (χ0v) is 21.7. The molecule has 3 fully saturated rings. The van der Waals surface area contributed by atoms with E-state index >= 15 is 0 Å². The summed E-state index contributed by atoms with van der Waals surface area (Å²) in [6.45, 7) is 2.03. The number of anilines is 1. The number of aromatic nitrogens is 1. The number of H-pyrrole nitrogens is 1. The van der Waals surface area contributed by atoms with E-state index in [-0.39, 0.29) is 64.1 Å². The summed E-state index contributed by atoms with van der Waals surface area (Å²) in [4.78, 5) is 58.4. The van der Waals surface area contributed by atoms with Gasteiger partial charge in [-0.2, -0.15) is 0 Å². The maximum absolute atomic E-state index is 13.8. The molecule has 36 heavy (non-hydrogen) atoms. The van der Waals surface area contributed by atoms with Gasteiger partial charge in [-0.25, -0.2) is 4.79 Å². The minimum Gasteiger partial charge on any atom is -0.462 e. The van der Waals surface area contributed by atoms with Gasteiger partial charge in [0.25, 0.3) is 0 Å². The molecule has 10 heteroatoms. The van der Waals surface area contributed by atoms with Crippen LogP contribution in [0.2, 0.25) is 0 Å². The quantitative estimate of drug-likeness (QED) is 0.392. The third-order valence-corrected chi connectivity index (χ3v) is 11.8. The highest BCUT2D eigenvalue weighted by Crippen LogP contribution is 2.68. The van der Waals surface area contributed by atoms with E-state index in [9.17, 15) is 19.2 Å². The number of fused-ring (bicyclic) bond motifs is 9. The van der Waals surface area contributed by atoms with Gasteiger partial charge in [0.15, 0.2) is 0 Å². The molecule has 1 N–H and O–H groups in total. The van der Waals surface area contributed by atoms with Crippen molar-refractivity contribution in [2.75, 3.05) is 11.5 Å². The molecule has 0 spiro atoms. The first-order chi connectivity index (χ1) is 17.5. The highest BCUT2D eigenvalue weighted by atomic mass is 32.2. The third-order valence-electron chi connectivity index (χ3n) is 8.21. The molecule has 2 bridgehead atoms. The lowest BCUT2D eigenvalue weighted by Crippen LogP contribution is -2.42. The summed E-state index contributed by atoms with van der Waals surface area (Å²) in [6.07, 6.45) is 0.867. The van der Waals surface area contributed by atoms with E-state index in [4.69, 9.17) is 4.74 Å². The number of esters is 1. The van der Waals surface area contributed by atoms with Crippen LogP contribution in [0.1, 0.15) is 39.4 Å². The molecule has 184 valence electrons. The Kier molecular flexibility index (Phi) is 5.10. The molecule has 7 rings (SSSR count). The molecule has 1 aromatic carbocycles. The van der Waals surface area contributed by atoms with E-state index in [1.54, 1.807) is 54.3 Å². The lowest BCUT2D eigenvalue weighted by molar-refractivity contribution is -0.123. The summed E-state index contributed by atoms with van der Waals surface area (Å²) in [6, 6.07) is 10.7. The van der Waals surface area contributed by atoms with Crippen LogP contribution in [-0.4, -0.2) is 34.6 Å². The molecule has 2 aliphatic carbocycles. The SMILES string of the molecule is CCOC(=O)c1ccc(N2C(=O)[C@@H]3[C@H]4C[C@@H]([C@@H]3C2=O)[C@@H]2[C@H](c3cccs3)c3sc(=O)[nH]c3S[C@H]42)cc1. The summed E-state index contributed by atoms with van der Waals surface area (Å²) in [5.74, 6) is -0.909. The van der Waals surface area contributed by atoms with Crippen LogP contribution >= 0.6 is 34.4 Å². The van der Waals surface area contributed by atoms with E-state index in [1.807, 2.05) is 6.07 Å². The number of amides is 2. The van der Waals surface area contributed by atoms with Gasteiger partial charge < -0.3 is 9.72 Å². The predicted molar refractivity (Wildman–Crippen MR) is 138 cm³/mol. The number of thiophene rings is 1. The Hall–Kier alpha value is -2.69. The zero-order chi connectivity index (χ0) is 24.7. The Labute approximate surface area is 218 Å². The van der Waals surface area contributed by atoms with Gasteiger partial charge in [0.2, 0.25) is 11.8 Å². The molecule has 2 aromatic heterocycles. The minimum atomic E-state index is -0.427. The van der Waals surface area contributed by atoms with Crippen molar-refractivity contribution in [2.24, 2.45) is 29.6 Å². The Morgan fingerprint density at radius 2 is 1.83 bits per heavy atom. The van der Waals surface area contributed by atoms with Gasteiger partial charge in [0.05, 0.1) is 34.7 Å². The third kappa shape index (κ3) is 3.04. The second-order valence-electron chi connectivity index (χ2n) is 9.76. The lowest BCUT2D eigenvalue weighted by atomic mass is 9.69. The van der Waals surface area contributed by atoms with Crippen molar-refractivity contribution in [3.05, 3.63) is 66.8 Å². The number of nitrogens with zero attached hydrogens (tertiary/aromatic N) is 1. The maximum atomic E-state index is 13.8. The van der Waals surface area contributed by atoms with Crippen molar-refractivity contribution in [1.82, 2.24) is 4.98 Å².